The van der Waals surface area contributed by atoms with Crippen molar-refractivity contribution in [1.29, 1.82) is 5.26 Å². The van der Waals surface area contributed by atoms with Gasteiger partial charge >= 0.3 is 0 Å². The largest absolute Gasteiger partial charge is 0.493 e. The molecule has 0 bridgehead atoms. The van der Waals surface area contributed by atoms with Crippen LogP contribution in [0, 0.1) is 17.2 Å². The van der Waals surface area contributed by atoms with Gasteiger partial charge in [0.05, 0.1) is 12.7 Å². The molecule has 2 aliphatic rings. The van der Waals surface area contributed by atoms with Gasteiger partial charge in [0.1, 0.15) is 11.7 Å². The van der Waals surface area contributed by atoms with Gasteiger partial charge in [0.25, 0.3) is 0 Å². The highest BCUT2D eigenvalue weighted by atomic mass is 32.2. The van der Waals surface area contributed by atoms with E-state index in [4.69, 9.17) is 4.74 Å². The number of carbonyl (C=O) groups is 2. The molecule has 7 nitrogen and oxygen atoms in total. The zero-order valence-corrected chi connectivity index (χ0v) is 21.7. The highest BCUT2D eigenvalue weighted by Gasteiger charge is 2.55. The lowest BCUT2D eigenvalue weighted by Gasteiger charge is -2.31. The molecule has 3 heterocycles. The van der Waals surface area contributed by atoms with Gasteiger partial charge in [0.2, 0.25) is 11.0 Å². The van der Waals surface area contributed by atoms with Crippen molar-refractivity contribution in [3.8, 4) is 11.8 Å². The van der Waals surface area contributed by atoms with Crippen LogP contribution in [-0.4, -0.2) is 46.3 Å². The summed E-state index contributed by atoms with van der Waals surface area (Å²) in [6.07, 6.45) is 7.90. The Morgan fingerprint density at radius 3 is 2.92 bits per heavy atom. The molecule has 0 aliphatic carbocycles. The topological polar surface area (TPSA) is 104 Å². The first-order chi connectivity index (χ1) is 17.6. The first-order valence-electron chi connectivity index (χ1n) is 11.9. The van der Waals surface area contributed by atoms with Gasteiger partial charge in [-0.2, -0.15) is 5.26 Å². The minimum atomic E-state index is -1.37. The highest BCUT2D eigenvalue weighted by molar-refractivity contribution is 8.17. The van der Waals surface area contributed by atoms with Gasteiger partial charge in [-0.3, -0.25) is 14.6 Å². The number of nitrogens with zero attached hydrogens (tertiary/aromatic N) is 2. The number of pyridine rings is 1. The zero-order valence-electron chi connectivity index (χ0n) is 20.0. The van der Waals surface area contributed by atoms with Crippen LogP contribution >= 0.6 is 23.5 Å². The summed E-state index contributed by atoms with van der Waals surface area (Å²) in [4.78, 5) is 30.5. The van der Waals surface area contributed by atoms with Crippen molar-refractivity contribution >= 4 is 40.6 Å². The smallest absolute Gasteiger partial charge is 0.245 e. The van der Waals surface area contributed by atoms with E-state index in [9.17, 15) is 14.9 Å². The Balaban J connectivity index is 1.54. The number of nitrogens with one attached hydrogen (secondary N) is 2. The monoisotopic (exact) mass is 520 g/mol. The molecule has 0 saturated heterocycles. The van der Waals surface area contributed by atoms with Crippen LogP contribution in [0.1, 0.15) is 24.5 Å². The number of rotatable bonds is 9. The molecule has 186 valence electrons. The average molecular weight is 521 g/mol. The summed E-state index contributed by atoms with van der Waals surface area (Å²) in [6, 6.07) is 13.6. The van der Waals surface area contributed by atoms with Crippen LogP contribution in [0.25, 0.3) is 6.08 Å². The SMILES string of the molecule is CCOc1ccccc1C=CC(=O)NC1(C(=O)SCCc2ccncc2)SC2=C(CCNC2)C1C#N. The first-order valence-corrected chi connectivity index (χ1v) is 13.7. The van der Waals surface area contributed by atoms with Gasteiger partial charge in [0, 0.05) is 41.2 Å². The Labute approximate surface area is 219 Å². The summed E-state index contributed by atoms with van der Waals surface area (Å²) < 4.78 is 5.64. The zero-order chi connectivity index (χ0) is 25.4. The van der Waals surface area contributed by atoms with Crippen molar-refractivity contribution < 1.29 is 14.3 Å². The van der Waals surface area contributed by atoms with E-state index in [0.717, 1.165) is 39.9 Å². The number of benzene rings is 1. The molecule has 2 aromatic rings. The number of ether oxygens (including phenoxy) is 1. The van der Waals surface area contributed by atoms with Crippen LogP contribution in [0.3, 0.4) is 0 Å². The van der Waals surface area contributed by atoms with Gasteiger partial charge in [-0.05, 0) is 61.7 Å². The third-order valence-corrected chi connectivity index (χ3v) is 8.62. The Morgan fingerprint density at radius 2 is 2.14 bits per heavy atom. The van der Waals surface area contributed by atoms with E-state index in [2.05, 4.69) is 21.7 Å². The lowest BCUT2D eigenvalue weighted by atomic mass is 9.89. The molecule has 9 heteroatoms. The van der Waals surface area contributed by atoms with E-state index >= 15 is 0 Å². The number of aryl methyl sites for hydroxylation is 1. The molecule has 2 aliphatic heterocycles. The van der Waals surface area contributed by atoms with E-state index < -0.39 is 16.7 Å². The van der Waals surface area contributed by atoms with E-state index in [0.29, 0.717) is 37.5 Å². The second-order valence-electron chi connectivity index (χ2n) is 8.31. The molecular formula is C27H28N4O3S2. The van der Waals surface area contributed by atoms with E-state index in [1.54, 1.807) is 18.5 Å². The average Bonchev–Trinajstić information content (AvgIpc) is 3.22. The van der Waals surface area contributed by atoms with Crippen molar-refractivity contribution in [1.82, 2.24) is 15.6 Å². The summed E-state index contributed by atoms with van der Waals surface area (Å²) in [6.45, 7) is 3.76. The van der Waals surface area contributed by atoms with E-state index in [1.807, 2.05) is 43.3 Å². The molecule has 0 fully saturated rings. The number of amides is 1. The summed E-state index contributed by atoms with van der Waals surface area (Å²) >= 11 is 2.47. The molecule has 1 aromatic carbocycles. The molecule has 2 atom stereocenters. The van der Waals surface area contributed by atoms with Crippen LogP contribution in [0.5, 0.6) is 5.75 Å². The summed E-state index contributed by atoms with van der Waals surface area (Å²) in [5.41, 5.74) is 2.80. The van der Waals surface area contributed by atoms with Gasteiger partial charge in [0.15, 0.2) is 4.87 Å². The van der Waals surface area contributed by atoms with Crippen molar-refractivity contribution in [2.24, 2.45) is 5.92 Å². The Morgan fingerprint density at radius 1 is 1.33 bits per heavy atom. The molecular weight excluding hydrogens is 492 g/mol. The second kappa shape index (κ2) is 12.3. The third-order valence-electron chi connectivity index (χ3n) is 6.00. The van der Waals surface area contributed by atoms with Crippen LogP contribution < -0.4 is 15.4 Å². The molecule has 0 spiro atoms. The van der Waals surface area contributed by atoms with Gasteiger partial charge < -0.3 is 15.4 Å². The maximum atomic E-state index is 13.7. The fourth-order valence-corrected chi connectivity index (χ4v) is 6.94. The fraction of sp³-hybridized carbons (Fsp3) is 0.333. The number of aromatic nitrogens is 1. The molecule has 4 rings (SSSR count). The predicted octanol–water partition coefficient (Wildman–Crippen LogP) is 3.94. The molecule has 2 unspecified atom stereocenters. The number of para-hydroxylation sites is 1. The second-order valence-corrected chi connectivity index (χ2v) is 10.7. The minimum absolute atomic E-state index is 0.209. The number of hydrogen-bond acceptors (Lipinski definition) is 8. The Kier molecular flexibility index (Phi) is 8.86. The van der Waals surface area contributed by atoms with Crippen LogP contribution in [-0.2, 0) is 16.0 Å². The number of thioether (sulfide) groups is 2. The van der Waals surface area contributed by atoms with Crippen molar-refractivity contribution in [2.45, 2.75) is 24.6 Å². The van der Waals surface area contributed by atoms with Gasteiger partial charge in [-0.25, -0.2) is 0 Å². The molecule has 0 radical (unpaired) electrons. The van der Waals surface area contributed by atoms with Crippen molar-refractivity contribution in [3.63, 3.8) is 0 Å². The summed E-state index contributed by atoms with van der Waals surface area (Å²) in [5.74, 6) is 0.0769. The maximum Gasteiger partial charge on any atom is 0.245 e. The first kappa shape index (κ1) is 26.0. The fourth-order valence-electron chi connectivity index (χ4n) is 4.27. The van der Waals surface area contributed by atoms with Gasteiger partial charge in [-0.15, -0.1) is 0 Å². The predicted molar refractivity (Wildman–Crippen MR) is 144 cm³/mol. The Bertz CT molecular complexity index is 1210. The standard InChI is InChI=1S/C27H28N4O3S2/c1-2-34-23-6-4-3-5-20(23)7-8-25(32)31-27(22(17-28)21-11-15-30-18-24(21)36-27)26(33)35-16-12-19-9-13-29-14-10-19/h3-10,13-14,22,30H,2,11-12,15-16,18H2,1H3,(H,31,32). The maximum absolute atomic E-state index is 13.7. The number of hydrogen-bond donors (Lipinski definition) is 2. The van der Waals surface area contributed by atoms with Crippen LogP contribution in [0.2, 0.25) is 0 Å². The van der Waals surface area contributed by atoms with Gasteiger partial charge in [-0.1, -0.05) is 41.7 Å². The van der Waals surface area contributed by atoms with Crippen LogP contribution in [0.15, 0.2) is 65.3 Å². The van der Waals surface area contributed by atoms with E-state index in [-0.39, 0.29) is 5.12 Å². The lowest BCUT2D eigenvalue weighted by Crippen LogP contribution is -2.54. The Hall–Kier alpha value is -3.06. The minimum Gasteiger partial charge on any atom is -0.493 e. The highest BCUT2D eigenvalue weighted by Crippen LogP contribution is 2.52. The third kappa shape index (κ3) is 5.84. The number of nitriles is 1. The van der Waals surface area contributed by atoms with Crippen LogP contribution in [0.4, 0.5) is 0 Å². The number of carbonyl (C=O) groups excluding carboxylic acids is 2. The molecule has 0 saturated carbocycles. The van der Waals surface area contributed by atoms with Crippen molar-refractivity contribution in [3.05, 3.63) is 76.5 Å². The molecule has 1 amide bonds. The molecule has 2 N–H and O–H groups in total. The van der Waals surface area contributed by atoms with Crippen molar-refractivity contribution in [2.75, 3.05) is 25.4 Å². The lowest BCUT2D eigenvalue weighted by molar-refractivity contribution is -0.122. The summed E-state index contributed by atoms with van der Waals surface area (Å²) in [7, 11) is 0. The quantitative estimate of drug-likeness (QED) is 0.479. The molecule has 1 aromatic heterocycles. The summed E-state index contributed by atoms with van der Waals surface area (Å²) in [5, 5.41) is 16.2. The normalized spacial score (nSPS) is 21.2. The van der Waals surface area contributed by atoms with E-state index in [1.165, 1.54) is 17.8 Å². The molecule has 36 heavy (non-hydrogen) atoms.